The van der Waals surface area contributed by atoms with E-state index in [1.165, 1.54) is 5.56 Å². The van der Waals surface area contributed by atoms with Gasteiger partial charge in [-0.3, -0.25) is 14.5 Å². The van der Waals surface area contributed by atoms with Gasteiger partial charge in [0.25, 0.3) is 0 Å². The minimum atomic E-state index is -0.00167. The molecule has 0 radical (unpaired) electrons. The van der Waals surface area contributed by atoms with Crippen LogP contribution >= 0.6 is 0 Å². The molecular weight excluding hydrogens is 414 g/mol. The molecule has 33 heavy (non-hydrogen) atoms. The number of benzene rings is 2. The summed E-state index contributed by atoms with van der Waals surface area (Å²) in [5.41, 5.74) is 1.97. The van der Waals surface area contributed by atoms with Crippen molar-refractivity contribution in [2.45, 2.75) is 38.6 Å². The molecule has 1 unspecified atom stereocenters. The fraction of sp³-hybridized carbons (Fsp3) is 0.481. The summed E-state index contributed by atoms with van der Waals surface area (Å²) < 4.78 is 5.16. The largest absolute Gasteiger partial charge is 0.497 e. The van der Waals surface area contributed by atoms with E-state index in [1.54, 1.807) is 7.11 Å². The quantitative estimate of drug-likeness (QED) is 0.689. The van der Waals surface area contributed by atoms with Crippen LogP contribution in [0.5, 0.6) is 5.75 Å². The molecule has 6 nitrogen and oxygen atoms in total. The predicted octanol–water partition coefficient (Wildman–Crippen LogP) is 4.17. The molecule has 2 aliphatic rings. The highest BCUT2D eigenvalue weighted by molar-refractivity contribution is 5.92. The maximum absolute atomic E-state index is 13.4. The van der Waals surface area contributed by atoms with Crippen LogP contribution in [0.15, 0.2) is 54.6 Å². The molecule has 2 aromatic rings. The van der Waals surface area contributed by atoms with Gasteiger partial charge in [0.15, 0.2) is 0 Å². The molecular formula is C27H35N3O3. The molecule has 0 bridgehead atoms. The van der Waals surface area contributed by atoms with E-state index in [4.69, 9.17) is 4.74 Å². The van der Waals surface area contributed by atoms with E-state index in [2.05, 4.69) is 27.2 Å². The van der Waals surface area contributed by atoms with E-state index >= 15 is 0 Å². The molecule has 0 aromatic heterocycles. The van der Waals surface area contributed by atoms with E-state index < -0.39 is 0 Å². The fourth-order valence-corrected chi connectivity index (χ4v) is 5.12. The van der Waals surface area contributed by atoms with Gasteiger partial charge in [-0.2, -0.15) is 0 Å². The molecule has 2 saturated heterocycles. The Morgan fingerprint density at radius 1 is 0.970 bits per heavy atom. The van der Waals surface area contributed by atoms with Crippen LogP contribution in [0, 0.1) is 11.8 Å². The molecule has 2 aromatic carbocycles. The molecule has 1 N–H and O–H groups in total. The zero-order valence-electron chi connectivity index (χ0n) is 19.5. The summed E-state index contributed by atoms with van der Waals surface area (Å²) >= 11 is 0. The first-order valence-electron chi connectivity index (χ1n) is 12.1. The number of likely N-dealkylation sites (tertiary alicyclic amines) is 2. The standard InChI is InChI=1S/C27H35N3O3/c1-33-24-12-10-23(11-13-24)28-26(31)20-29-17-14-22(15-18-29)25-9-5-6-16-30(27(25)32)19-21-7-3-2-4-8-21/h2-4,7-8,10-13,22,25H,5-6,9,14-20H2,1H3,(H,28,31). The van der Waals surface area contributed by atoms with Gasteiger partial charge in [-0.15, -0.1) is 0 Å². The number of carbonyl (C=O) groups excluding carboxylic acids is 2. The van der Waals surface area contributed by atoms with Gasteiger partial charge in [0.05, 0.1) is 13.7 Å². The second kappa shape index (κ2) is 11.3. The first-order valence-corrected chi connectivity index (χ1v) is 12.1. The number of methoxy groups -OCH3 is 1. The Bertz CT molecular complexity index is 908. The van der Waals surface area contributed by atoms with E-state index in [0.717, 1.165) is 63.2 Å². The number of hydrogen-bond donors (Lipinski definition) is 1. The number of nitrogens with one attached hydrogen (secondary N) is 1. The third-order valence-corrected chi connectivity index (χ3v) is 6.98. The highest BCUT2D eigenvalue weighted by Gasteiger charge is 2.35. The van der Waals surface area contributed by atoms with Gasteiger partial charge in [0.1, 0.15) is 5.75 Å². The summed E-state index contributed by atoms with van der Waals surface area (Å²) in [5, 5.41) is 2.96. The van der Waals surface area contributed by atoms with Gasteiger partial charge in [-0.05, 0) is 74.5 Å². The van der Waals surface area contributed by atoms with Crippen molar-refractivity contribution in [3.8, 4) is 5.75 Å². The number of piperidine rings is 1. The van der Waals surface area contributed by atoms with Crippen molar-refractivity contribution in [3.63, 3.8) is 0 Å². The van der Waals surface area contributed by atoms with Crippen LogP contribution in [0.1, 0.15) is 37.7 Å². The lowest BCUT2D eigenvalue weighted by molar-refractivity contribution is -0.138. The van der Waals surface area contributed by atoms with Crippen LogP contribution in [0.25, 0.3) is 0 Å². The first kappa shape index (κ1) is 23.3. The van der Waals surface area contributed by atoms with Crippen molar-refractivity contribution in [1.82, 2.24) is 9.80 Å². The van der Waals surface area contributed by atoms with Crippen molar-refractivity contribution >= 4 is 17.5 Å². The monoisotopic (exact) mass is 449 g/mol. The SMILES string of the molecule is COc1ccc(NC(=O)CN2CCC(C3CCCCN(Cc4ccccc4)C3=O)CC2)cc1. The van der Waals surface area contributed by atoms with Crippen LogP contribution in [0.3, 0.4) is 0 Å². The maximum Gasteiger partial charge on any atom is 0.238 e. The van der Waals surface area contributed by atoms with E-state index in [9.17, 15) is 9.59 Å². The number of carbonyl (C=O) groups is 2. The molecule has 0 saturated carbocycles. The Morgan fingerprint density at radius 3 is 2.39 bits per heavy atom. The molecule has 6 heteroatoms. The molecule has 0 aliphatic carbocycles. The number of ether oxygens (including phenoxy) is 1. The lowest BCUT2D eigenvalue weighted by atomic mass is 9.81. The number of hydrogen-bond acceptors (Lipinski definition) is 4. The second-order valence-corrected chi connectivity index (χ2v) is 9.24. The van der Waals surface area contributed by atoms with Crippen molar-refractivity contribution < 1.29 is 14.3 Å². The Labute approximate surface area is 196 Å². The average Bonchev–Trinajstić information content (AvgIpc) is 3.02. The number of amides is 2. The van der Waals surface area contributed by atoms with E-state index in [1.807, 2.05) is 42.5 Å². The van der Waals surface area contributed by atoms with E-state index in [-0.39, 0.29) is 11.8 Å². The summed E-state index contributed by atoms with van der Waals surface area (Å²) in [7, 11) is 1.63. The lowest BCUT2D eigenvalue weighted by Gasteiger charge is -2.36. The molecule has 0 spiro atoms. The zero-order chi connectivity index (χ0) is 23.0. The molecule has 2 fully saturated rings. The topological polar surface area (TPSA) is 61.9 Å². The summed E-state index contributed by atoms with van der Waals surface area (Å²) in [6.45, 7) is 3.68. The Balaban J connectivity index is 1.27. The number of anilines is 1. The van der Waals surface area contributed by atoms with Gasteiger partial charge in [0, 0.05) is 24.7 Å². The highest BCUT2D eigenvalue weighted by atomic mass is 16.5. The molecule has 2 amide bonds. The fourth-order valence-electron chi connectivity index (χ4n) is 5.12. The minimum absolute atomic E-state index is 0.00167. The molecule has 176 valence electrons. The first-order chi connectivity index (χ1) is 16.1. The molecule has 1 atom stereocenters. The summed E-state index contributed by atoms with van der Waals surface area (Å²) in [5.74, 6) is 1.62. The average molecular weight is 450 g/mol. The highest BCUT2D eigenvalue weighted by Crippen LogP contribution is 2.32. The summed E-state index contributed by atoms with van der Waals surface area (Å²) in [6, 6.07) is 17.7. The Hall–Kier alpha value is -2.86. The smallest absolute Gasteiger partial charge is 0.238 e. The second-order valence-electron chi connectivity index (χ2n) is 9.24. The lowest BCUT2D eigenvalue weighted by Crippen LogP contribution is -2.44. The zero-order valence-corrected chi connectivity index (χ0v) is 19.5. The van der Waals surface area contributed by atoms with Gasteiger partial charge < -0.3 is 15.0 Å². The Morgan fingerprint density at radius 2 is 1.70 bits per heavy atom. The van der Waals surface area contributed by atoms with Crippen molar-refractivity contribution in [3.05, 3.63) is 60.2 Å². The Kier molecular flexibility index (Phi) is 8.00. The van der Waals surface area contributed by atoms with Gasteiger partial charge in [-0.1, -0.05) is 36.8 Å². The molecule has 2 aliphatic heterocycles. The molecule has 4 rings (SSSR count). The number of rotatable bonds is 7. The summed E-state index contributed by atoms with van der Waals surface area (Å²) in [4.78, 5) is 30.2. The van der Waals surface area contributed by atoms with Gasteiger partial charge in [0.2, 0.25) is 11.8 Å². The van der Waals surface area contributed by atoms with Gasteiger partial charge >= 0.3 is 0 Å². The predicted molar refractivity (Wildman–Crippen MR) is 130 cm³/mol. The minimum Gasteiger partial charge on any atom is -0.497 e. The van der Waals surface area contributed by atoms with Crippen LogP contribution < -0.4 is 10.1 Å². The van der Waals surface area contributed by atoms with Crippen molar-refractivity contribution in [1.29, 1.82) is 0 Å². The van der Waals surface area contributed by atoms with Crippen LogP contribution in [-0.2, 0) is 16.1 Å². The van der Waals surface area contributed by atoms with Crippen molar-refractivity contribution in [2.75, 3.05) is 38.6 Å². The maximum atomic E-state index is 13.4. The van der Waals surface area contributed by atoms with E-state index in [0.29, 0.717) is 24.9 Å². The molecule has 2 heterocycles. The number of nitrogens with zero attached hydrogens (tertiary/aromatic N) is 2. The summed E-state index contributed by atoms with van der Waals surface area (Å²) in [6.07, 6.45) is 5.15. The normalized spacial score (nSPS) is 20.3. The third-order valence-electron chi connectivity index (χ3n) is 6.98. The van der Waals surface area contributed by atoms with Crippen LogP contribution in [0.2, 0.25) is 0 Å². The van der Waals surface area contributed by atoms with Crippen molar-refractivity contribution in [2.24, 2.45) is 11.8 Å². The van der Waals surface area contributed by atoms with Crippen LogP contribution in [0.4, 0.5) is 5.69 Å². The van der Waals surface area contributed by atoms with Gasteiger partial charge in [-0.25, -0.2) is 0 Å². The van der Waals surface area contributed by atoms with Crippen LogP contribution in [-0.4, -0.2) is 54.9 Å². The third kappa shape index (κ3) is 6.35.